The van der Waals surface area contributed by atoms with Gasteiger partial charge in [-0.2, -0.15) is 0 Å². The molecule has 42 heavy (non-hydrogen) atoms. The molecule has 0 amide bonds. The van der Waals surface area contributed by atoms with Crippen molar-refractivity contribution in [3.63, 3.8) is 0 Å². The van der Waals surface area contributed by atoms with Gasteiger partial charge >= 0.3 is 0 Å². The van der Waals surface area contributed by atoms with E-state index in [-0.39, 0.29) is 99.5 Å². The Kier molecular flexibility index (Phi) is 5.34. The van der Waals surface area contributed by atoms with Crippen molar-refractivity contribution >= 4 is 43.1 Å². The number of phenols is 10. The van der Waals surface area contributed by atoms with Gasteiger partial charge in [0.1, 0.15) is 57.5 Å². The Labute approximate surface area is 237 Å². The molecule has 6 aromatic rings. The van der Waals surface area contributed by atoms with Gasteiger partial charge in [-0.1, -0.05) is 0 Å². The molecular weight excluding hydrogens is 544 g/mol. The summed E-state index contributed by atoms with van der Waals surface area (Å²) >= 11 is 0. The van der Waals surface area contributed by atoms with Crippen LogP contribution < -0.4 is 0 Å². The second-order valence-electron chi connectivity index (χ2n) is 10.6. The summed E-state index contributed by atoms with van der Waals surface area (Å²) in [5, 5.41) is 110. The lowest BCUT2D eigenvalue weighted by molar-refractivity contribution is 0.437. The molecule has 0 saturated carbocycles. The summed E-state index contributed by atoms with van der Waals surface area (Å²) in [7, 11) is 0. The zero-order valence-electron chi connectivity index (χ0n) is 22.8. The molecule has 0 heterocycles. The molecule has 0 saturated heterocycles. The van der Waals surface area contributed by atoms with E-state index in [1.54, 1.807) is 0 Å². The number of benzene rings is 6. The highest BCUT2D eigenvalue weighted by Gasteiger charge is 2.30. The van der Waals surface area contributed by atoms with Crippen molar-refractivity contribution in [3.05, 3.63) is 46.5 Å². The molecule has 10 heteroatoms. The zero-order chi connectivity index (χ0) is 30.7. The topological polar surface area (TPSA) is 202 Å². The number of phenolic OH excluding ortho intramolecular Hbond substituents is 10. The van der Waals surface area contributed by atoms with Crippen molar-refractivity contribution in [2.75, 3.05) is 0 Å². The van der Waals surface area contributed by atoms with Crippen LogP contribution in [0, 0.1) is 27.7 Å². The minimum Gasteiger partial charge on any atom is -0.508 e. The van der Waals surface area contributed by atoms with Crippen LogP contribution in [-0.4, -0.2) is 51.1 Å². The maximum Gasteiger partial charge on any atom is 0.138 e. The third-order valence-corrected chi connectivity index (χ3v) is 8.38. The van der Waals surface area contributed by atoms with Crippen molar-refractivity contribution < 1.29 is 51.1 Å². The fourth-order valence-corrected chi connectivity index (χ4v) is 5.84. The van der Waals surface area contributed by atoms with Gasteiger partial charge in [0.05, 0.1) is 21.5 Å². The van der Waals surface area contributed by atoms with E-state index in [0.29, 0.717) is 0 Å². The fraction of sp³-hybridized carbons (Fsp3) is 0.125. The highest BCUT2D eigenvalue weighted by Crippen LogP contribution is 2.58. The van der Waals surface area contributed by atoms with Crippen LogP contribution in [0.1, 0.15) is 22.3 Å². The van der Waals surface area contributed by atoms with Gasteiger partial charge < -0.3 is 51.1 Å². The Morgan fingerprint density at radius 2 is 0.500 bits per heavy atom. The Hall–Kier alpha value is -5.64. The lowest BCUT2D eigenvalue weighted by atomic mass is 9.83. The van der Waals surface area contributed by atoms with Crippen LogP contribution >= 0.6 is 0 Å². The number of aromatic hydroxyl groups is 10. The molecule has 0 radical (unpaired) electrons. The predicted octanol–water partition coefficient (Wildman–Crippen LogP) is 6.26. The van der Waals surface area contributed by atoms with E-state index in [1.165, 1.54) is 52.0 Å². The van der Waals surface area contributed by atoms with Crippen molar-refractivity contribution in [2.24, 2.45) is 0 Å². The number of hydrogen-bond donors (Lipinski definition) is 10. The standard InChI is InChI=1S/C32H26O10/c1-9-17(33)5-13-21(14-6-18(34)10(2)28(38)24(14)31(41)23(13)27(9)37)22-15-7-19(35)11(3)29(39)25(15)32(42)26-16(22)8-20(36)12(4)30(26)40/h5-8,33-42H,1-4H3. The third-order valence-electron chi connectivity index (χ3n) is 8.38. The van der Waals surface area contributed by atoms with Crippen molar-refractivity contribution in [1.82, 2.24) is 0 Å². The molecule has 0 aliphatic carbocycles. The quantitative estimate of drug-likeness (QED) is 0.101. The van der Waals surface area contributed by atoms with Crippen LogP contribution in [-0.2, 0) is 0 Å². The summed E-state index contributed by atoms with van der Waals surface area (Å²) in [5.41, 5.74) is 0.194. The van der Waals surface area contributed by atoms with Crippen LogP contribution in [0.4, 0.5) is 0 Å². The first-order valence-electron chi connectivity index (χ1n) is 12.8. The molecule has 0 aromatic heterocycles. The molecule has 10 nitrogen and oxygen atoms in total. The van der Waals surface area contributed by atoms with Gasteiger partial charge in [0.2, 0.25) is 0 Å². The normalized spacial score (nSPS) is 11.8. The lowest BCUT2D eigenvalue weighted by Crippen LogP contribution is -1.95. The SMILES string of the molecule is Cc1c(O)cc2c(-c3c4cc(O)c(C)c(O)c4c(O)c4c(O)c(C)c(O)cc34)c3cc(O)c(C)c(O)c3c(O)c2c1O. The Balaban J connectivity index is 2.09. The minimum absolute atomic E-state index is 0.00986. The molecule has 214 valence electrons. The molecule has 0 atom stereocenters. The molecule has 6 aromatic carbocycles. The van der Waals surface area contributed by atoms with E-state index in [0.717, 1.165) is 0 Å². The fourth-order valence-electron chi connectivity index (χ4n) is 5.84. The highest BCUT2D eigenvalue weighted by atomic mass is 16.3. The maximum absolute atomic E-state index is 11.4. The van der Waals surface area contributed by atoms with Gasteiger partial charge in [-0.15, -0.1) is 0 Å². The van der Waals surface area contributed by atoms with E-state index in [2.05, 4.69) is 0 Å². The van der Waals surface area contributed by atoms with Crippen LogP contribution in [0.25, 0.3) is 54.2 Å². The summed E-state index contributed by atoms with van der Waals surface area (Å²) < 4.78 is 0. The van der Waals surface area contributed by atoms with Gasteiger partial charge in [0.25, 0.3) is 0 Å². The van der Waals surface area contributed by atoms with Crippen molar-refractivity contribution in [1.29, 1.82) is 0 Å². The summed E-state index contributed by atoms with van der Waals surface area (Å²) in [6, 6.07) is 5.00. The molecule has 0 aliphatic rings. The smallest absolute Gasteiger partial charge is 0.138 e. The van der Waals surface area contributed by atoms with Gasteiger partial charge in [-0.3, -0.25) is 0 Å². The largest absolute Gasteiger partial charge is 0.508 e. The average molecular weight is 571 g/mol. The highest BCUT2D eigenvalue weighted by molar-refractivity contribution is 6.29. The van der Waals surface area contributed by atoms with Gasteiger partial charge in [0, 0.05) is 43.8 Å². The third kappa shape index (κ3) is 3.14. The zero-order valence-corrected chi connectivity index (χ0v) is 22.8. The van der Waals surface area contributed by atoms with Gasteiger partial charge in [0.15, 0.2) is 0 Å². The molecule has 0 unspecified atom stereocenters. The van der Waals surface area contributed by atoms with Crippen molar-refractivity contribution in [3.8, 4) is 68.6 Å². The van der Waals surface area contributed by atoms with E-state index in [1.807, 2.05) is 0 Å². The second-order valence-corrected chi connectivity index (χ2v) is 10.6. The molecule has 10 N–H and O–H groups in total. The first-order valence-corrected chi connectivity index (χ1v) is 12.8. The monoisotopic (exact) mass is 570 g/mol. The van der Waals surface area contributed by atoms with Crippen LogP contribution in [0.3, 0.4) is 0 Å². The summed E-state index contributed by atoms with van der Waals surface area (Å²) in [4.78, 5) is 0. The van der Waals surface area contributed by atoms with E-state index < -0.39 is 34.5 Å². The predicted molar refractivity (Wildman–Crippen MR) is 157 cm³/mol. The van der Waals surface area contributed by atoms with E-state index >= 15 is 0 Å². The summed E-state index contributed by atoms with van der Waals surface area (Å²) in [5.74, 6) is -4.60. The Bertz CT molecular complexity index is 1920. The molecule has 6 rings (SSSR count). The second kappa shape index (κ2) is 8.43. The van der Waals surface area contributed by atoms with Crippen LogP contribution in [0.2, 0.25) is 0 Å². The van der Waals surface area contributed by atoms with Gasteiger partial charge in [-0.05, 0) is 63.1 Å². The molecule has 0 aliphatic heterocycles. The first kappa shape index (κ1) is 26.6. The van der Waals surface area contributed by atoms with E-state index in [9.17, 15) is 51.1 Å². The van der Waals surface area contributed by atoms with E-state index in [4.69, 9.17) is 0 Å². The molecule has 0 bridgehead atoms. The van der Waals surface area contributed by atoms with Crippen LogP contribution in [0.15, 0.2) is 24.3 Å². The molecular formula is C32H26O10. The molecule has 0 spiro atoms. The van der Waals surface area contributed by atoms with Crippen LogP contribution in [0.5, 0.6) is 57.5 Å². The Morgan fingerprint density at radius 3 is 0.690 bits per heavy atom. The summed E-state index contributed by atoms with van der Waals surface area (Å²) in [6.07, 6.45) is 0. The maximum atomic E-state index is 11.4. The number of hydrogen-bond acceptors (Lipinski definition) is 10. The first-order chi connectivity index (χ1) is 19.7. The average Bonchev–Trinajstić information content (AvgIpc) is 2.93. The Morgan fingerprint density at radius 1 is 0.310 bits per heavy atom. The number of rotatable bonds is 1. The lowest BCUT2D eigenvalue weighted by Gasteiger charge is -2.23. The minimum atomic E-state index is -0.555. The summed E-state index contributed by atoms with van der Waals surface area (Å²) in [6.45, 7) is 5.66. The number of fused-ring (bicyclic) bond motifs is 4. The molecule has 0 fully saturated rings. The van der Waals surface area contributed by atoms with Crippen molar-refractivity contribution in [2.45, 2.75) is 27.7 Å². The van der Waals surface area contributed by atoms with Gasteiger partial charge in [-0.25, -0.2) is 0 Å².